The van der Waals surface area contributed by atoms with E-state index in [2.05, 4.69) is 0 Å². The Balaban J connectivity index is 1.79. The van der Waals surface area contributed by atoms with E-state index < -0.39 is 0 Å². The van der Waals surface area contributed by atoms with Crippen molar-refractivity contribution in [2.45, 2.75) is 12.7 Å². The molecule has 0 aromatic heterocycles. The van der Waals surface area contributed by atoms with E-state index in [1.165, 1.54) is 0 Å². The third kappa shape index (κ3) is 5.10. The molecule has 0 aliphatic carbocycles. The quantitative estimate of drug-likeness (QED) is 0.811. The van der Waals surface area contributed by atoms with Crippen LogP contribution in [0.1, 0.15) is 5.56 Å². The van der Waals surface area contributed by atoms with E-state index in [0.29, 0.717) is 13.2 Å². The summed E-state index contributed by atoms with van der Waals surface area (Å²) in [5.74, 6) is 1.50. The summed E-state index contributed by atoms with van der Waals surface area (Å²) in [7, 11) is 1.62. The lowest BCUT2D eigenvalue weighted by atomic mass is 10.2. The maximum Gasteiger partial charge on any atom is 0.119 e. The molecule has 0 radical (unpaired) electrons. The number of methoxy groups -OCH3 is 1. The molecular formula is C17H20O4. The molecule has 0 fully saturated rings. The van der Waals surface area contributed by atoms with Gasteiger partial charge in [-0.25, -0.2) is 0 Å². The van der Waals surface area contributed by atoms with Crippen LogP contribution in [0.5, 0.6) is 11.5 Å². The Bertz CT molecular complexity index is 510. The zero-order valence-electron chi connectivity index (χ0n) is 12.1. The summed E-state index contributed by atoms with van der Waals surface area (Å²) in [4.78, 5) is 0. The predicted octanol–water partition coefficient (Wildman–Crippen LogP) is 2.65. The number of hydrogen-bond acceptors (Lipinski definition) is 4. The van der Waals surface area contributed by atoms with Crippen LogP contribution in [0.15, 0.2) is 54.6 Å². The van der Waals surface area contributed by atoms with Crippen LogP contribution in [-0.4, -0.2) is 31.5 Å². The minimum atomic E-state index is -0.354. The van der Waals surface area contributed by atoms with Gasteiger partial charge in [0.05, 0.1) is 20.3 Å². The molecule has 0 heterocycles. The first-order valence-electron chi connectivity index (χ1n) is 6.85. The molecule has 1 N–H and O–H groups in total. The lowest BCUT2D eigenvalue weighted by Crippen LogP contribution is -2.25. The van der Waals surface area contributed by atoms with Gasteiger partial charge in [-0.1, -0.05) is 30.3 Å². The minimum absolute atomic E-state index is 0.0804. The molecule has 21 heavy (non-hydrogen) atoms. The second-order valence-corrected chi connectivity index (χ2v) is 4.59. The van der Waals surface area contributed by atoms with Crippen LogP contribution in [0, 0.1) is 0 Å². The zero-order valence-corrected chi connectivity index (χ0v) is 12.1. The van der Waals surface area contributed by atoms with Crippen molar-refractivity contribution in [3.63, 3.8) is 0 Å². The zero-order chi connectivity index (χ0) is 14.9. The Hall–Kier alpha value is -2.04. The first kappa shape index (κ1) is 15.4. The van der Waals surface area contributed by atoms with Crippen LogP contribution in [0.25, 0.3) is 0 Å². The number of ether oxygens (including phenoxy) is 3. The summed E-state index contributed by atoms with van der Waals surface area (Å²) >= 11 is 0. The summed E-state index contributed by atoms with van der Waals surface area (Å²) in [5, 5.41) is 9.34. The molecule has 0 saturated carbocycles. The molecule has 0 saturated heterocycles. The molecule has 2 rings (SSSR count). The average Bonchev–Trinajstić information content (AvgIpc) is 2.56. The molecular weight excluding hydrogens is 268 g/mol. The van der Waals surface area contributed by atoms with Crippen molar-refractivity contribution in [1.82, 2.24) is 0 Å². The molecule has 4 heteroatoms. The van der Waals surface area contributed by atoms with Gasteiger partial charge in [0.15, 0.2) is 0 Å². The molecule has 0 aliphatic rings. The monoisotopic (exact) mass is 288 g/mol. The van der Waals surface area contributed by atoms with E-state index in [9.17, 15) is 5.11 Å². The third-order valence-electron chi connectivity index (χ3n) is 3.03. The van der Waals surface area contributed by atoms with Gasteiger partial charge in [-0.15, -0.1) is 0 Å². The van der Waals surface area contributed by atoms with Gasteiger partial charge in [0, 0.05) is 0 Å². The Kier molecular flexibility index (Phi) is 6.06. The molecule has 0 spiro atoms. The highest BCUT2D eigenvalue weighted by molar-refractivity contribution is 5.31. The fraction of sp³-hybridized carbons (Fsp3) is 0.294. The second kappa shape index (κ2) is 8.29. The number of aliphatic hydroxyl groups excluding tert-OH is 1. The van der Waals surface area contributed by atoms with Crippen LogP contribution < -0.4 is 9.47 Å². The number of hydrogen-bond donors (Lipinski definition) is 1. The summed E-state index contributed by atoms with van der Waals surface area (Å²) < 4.78 is 16.3. The van der Waals surface area contributed by atoms with Crippen molar-refractivity contribution >= 4 is 0 Å². The molecule has 2 aromatic carbocycles. The molecule has 4 nitrogen and oxygen atoms in total. The lowest BCUT2D eigenvalue weighted by molar-refractivity contribution is -0.0227. The molecule has 0 unspecified atom stereocenters. The Morgan fingerprint density at radius 1 is 0.952 bits per heavy atom. The van der Waals surface area contributed by atoms with Crippen molar-refractivity contribution < 1.29 is 19.3 Å². The lowest BCUT2D eigenvalue weighted by Gasteiger charge is -2.16. The van der Waals surface area contributed by atoms with Gasteiger partial charge in [-0.3, -0.25) is 0 Å². The van der Waals surface area contributed by atoms with E-state index in [1.54, 1.807) is 7.11 Å². The van der Waals surface area contributed by atoms with Gasteiger partial charge in [-0.2, -0.15) is 0 Å². The van der Waals surface area contributed by atoms with E-state index in [-0.39, 0.29) is 12.7 Å². The van der Waals surface area contributed by atoms with Gasteiger partial charge in [-0.05, 0) is 29.8 Å². The van der Waals surface area contributed by atoms with Gasteiger partial charge in [0.2, 0.25) is 0 Å². The maximum absolute atomic E-state index is 9.34. The second-order valence-electron chi connectivity index (χ2n) is 4.59. The molecule has 0 aliphatic heterocycles. The first-order valence-corrected chi connectivity index (χ1v) is 6.85. The smallest absolute Gasteiger partial charge is 0.119 e. The Labute approximate surface area is 124 Å². The van der Waals surface area contributed by atoms with Crippen molar-refractivity contribution in [2.75, 3.05) is 20.3 Å². The number of aliphatic hydroxyl groups is 1. The van der Waals surface area contributed by atoms with Gasteiger partial charge in [0.25, 0.3) is 0 Å². The molecule has 112 valence electrons. The number of rotatable bonds is 8. The van der Waals surface area contributed by atoms with E-state index in [1.807, 2.05) is 54.6 Å². The van der Waals surface area contributed by atoms with Crippen LogP contribution >= 0.6 is 0 Å². The highest BCUT2D eigenvalue weighted by Gasteiger charge is 2.09. The van der Waals surface area contributed by atoms with Crippen LogP contribution in [0.2, 0.25) is 0 Å². The summed E-state index contributed by atoms with van der Waals surface area (Å²) in [6.45, 7) is 0.677. The van der Waals surface area contributed by atoms with E-state index in [0.717, 1.165) is 17.1 Å². The fourth-order valence-electron chi connectivity index (χ4n) is 1.80. The molecule has 2 aromatic rings. The van der Waals surface area contributed by atoms with Crippen molar-refractivity contribution in [2.24, 2.45) is 0 Å². The summed E-state index contributed by atoms with van der Waals surface area (Å²) in [6, 6.07) is 17.1. The van der Waals surface area contributed by atoms with Gasteiger partial charge in [0.1, 0.15) is 24.2 Å². The maximum atomic E-state index is 9.34. The predicted molar refractivity (Wildman–Crippen MR) is 80.6 cm³/mol. The van der Waals surface area contributed by atoms with Gasteiger partial charge < -0.3 is 19.3 Å². The minimum Gasteiger partial charge on any atom is -0.497 e. The van der Waals surface area contributed by atoms with E-state index in [4.69, 9.17) is 14.2 Å². The molecule has 0 bridgehead atoms. The van der Waals surface area contributed by atoms with Crippen molar-refractivity contribution in [3.05, 3.63) is 60.2 Å². The van der Waals surface area contributed by atoms with Crippen molar-refractivity contribution in [3.8, 4) is 11.5 Å². The van der Waals surface area contributed by atoms with Crippen LogP contribution in [0.4, 0.5) is 0 Å². The fourth-order valence-corrected chi connectivity index (χ4v) is 1.80. The summed E-state index contributed by atoms with van der Waals surface area (Å²) in [5.41, 5.74) is 1.07. The van der Waals surface area contributed by atoms with Crippen LogP contribution in [0.3, 0.4) is 0 Å². The highest BCUT2D eigenvalue weighted by atomic mass is 16.5. The van der Waals surface area contributed by atoms with Gasteiger partial charge >= 0.3 is 0 Å². The highest BCUT2D eigenvalue weighted by Crippen LogP contribution is 2.17. The normalized spacial score (nSPS) is 11.9. The summed E-state index contributed by atoms with van der Waals surface area (Å²) in [6.07, 6.45) is -0.354. The Morgan fingerprint density at radius 3 is 2.24 bits per heavy atom. The first-order chi connectivity index (χ1) is 10.3. The Morgan fingerprint density at radius 2 is 1.62 bits per heavy atom. The number of benzene rings is 2. The average molecular weight is 288 g/mol. The van der Waals surface area contributed by atoms with E-state index >= 15 is 0 Å². The van der Waals surface area contributed by atoms with Crippen molar-refractivity contribution in [1.29, 1.82) is 0 Å². The largest absolute Gasteiger partial charge is 0.497 e. The third-order valence-corrected chi connectivity index (χ3v) is 3.03. The van der Waals surface area contributed by atoms with Crippen LogP contribution in [-0.2, 0) is 11.3 Å². The SMILES string of the molecule is COc1ccc(OC[C@@H](CO)OCc2ccccc2)cc1. The standard InChI is InChI=1S/C17H20O4/c1-19-15-7-9-16(10-8-15)21-13-17(11-18)20-12-14-5-3-2-4-6-14/h2-10,17-18H,11-13H2,1H3/t17-/m1/s1. The molecule has 1 atom stereocenters. The topological polar surface area (TPSA) is 47.9 Å². The molecule has 0 amide bonds.